The van der Waals surface area contributed by atoms with E-state index in [1.165, 1.54) is 5.57 Å². The molecule has 15 heavy (non-hydrogen) atoms. The van der Waals surface area contributed by atoms with Crippen LogP contribution in [0.2, 0.25) is 0 Å². The molecule has 0 aliphatic carbocycles. The van der Waals surface area contributed by atoms with E-state index in [9.17, 15) is 9.59 Å². The second-order valence-corrected chi connectivity index (χ2v) is 4.51. The topological polar surface area (TPSA) is 57.6 Å². The standard InChI is InChI=1S/C10H15NO3S/c1-8-2-4-11(5-3-8)9(12)6-15-7-10(13)14/h2H,3-7H2,1H3,(H,13,14). The molecule has 0 fully saturated rings. The Morgan fingerprint density at radius 1 is 1.53 bits per heavy atom. The molecule has 1 rings (SSSR count). The van der Waals surface area contributed by atoms with Gasteiger partial charge in [-0.25, -0.2) is 0 Å². The number of hydrogen-bond acceptors (Lipinski definition) is 3. The number of rotatable bonds is 4. The van der Waals surface area contributed by atoms with Crippen molar-refractivity contribution in [2.24, 2.45) is 0 Å². The average Bonchev–Trinajstić information content (AvgIpc) is 2.18. The van der Waals surface area contributed by atoms with Gasteiger partial charge >= 0.3 is 5.97 Å². The Hall–Kier alpha value is -0.970. The van der Waals surface area contributed by atoms with Crippen molar-refractivity contribution >= 4 is 23.6 Å². The monoisotopic (exact) mass is 229 g/mol. The van der Waals surface area contributed by atoms with Gasteiger partial charge < -0.3 is 10.0 Å². The summed E-state index contributed by atoms with van der Waals surface area (Å²) in [6.45, 7) is 3.48. The first-order valence-corrected chi connectivity index (χ1v) is 5.98. The Labute approximate surface area is 93.3 Å². The Balaban J connectivity index is 2.26. The molecule has 1 heterocycles. The van der Waals surface area contributed by atoms with E-state index in [4.69, 9.17) is 5.11 Å². The number of carbonyl (C=O) groups is 2. The highest BCUT2D eigenvalue weighted by molar-refractivity contribution is 8.00. The predicted octanol–water partition coefficient (Wildman–Crippen LogP) is 0.983. The molecule has 0 spiro atoms. The van der Waals surface area contributed by atoms with Gasteiger partial charge in [0.15, 0.2) is 0 Å². The van der Waals surface area contributed by atoms with Crippen molar-refractivity contribution in [2.45, 2.75) is 13.3 Å². The number of amides is 1. The molecule has 0 aromatic rings. The molecule has 0 aromatic heterocycles. The highest BCUT2D eigenvalue weighted by atomic mass is 32.2. The smallest absolute Gasteiger partial charge is 0.313 e. The molecule has 0 saturated carbocycles. The molecular formula is C10H15NO3S. The van der Waals surface area contributed by atoms with Gasteiger partial charge in [-0.05, 0) is 13.3 Å². The summed E-state index contributed by atoms with van der Waals surface area (Å²) in [4.78, 5) is 23.6. The van der Waals surface area contributed by atoms with Crippen LogP contribution in [-0.4, -0.2) is 46.5 Å². The molecule has 0 unspecified atom stereocenters. The molecule has 4 nitrogen and oxygen atoms in total. The first-order chi connectivity index (χ1) is 7.09. The van der Waals surface area contributed by atoms with Crippen LogP contribution in [0.25, 0.3) is 0 Å². The van der Waals surface area contributed by atoms with Gasteiger partial charge in [0.1, 0.15) is 0 Å². The lowest BCUT2D eigenvalue weighted by atomic mass is 10.1. The van der Waals surface area contributed by atoms with Gasteiger partial charge in [0.05, 0.1) is 11.5 Å². The maximum Gasteiger partial charge on any atom is 0.313 e. The number of hydrogen-bond donors (Lipinski definition) is 1. The lowest BCUT2D eigenvalue weighted by molar-refractivity contribution is -0.133. The van der Waals surface area contributed by atoms with E-state index in [-0.39, 0.29) is 17.4 Å². The number of aliphatic carboxylic acids is 1. The van der Waals surface area contributed by atoms with Crippen LogP contribution < -0.4 is 0 Å². The van der Waals surface area contributed by atoms with Crippen molar-refractivity contribution in [2.75, 3.05) is 24.6 Å². The molecule has 0 atom stereocenters. The van der Waals surface area contributed by atoms with E-state index < -0.39 is 5.97 Å². The van der Waals surface area contributed by atoms with Crippen molar-refractivity contribution < 1.29 is 14.7 Å². The fourth-order valence-corrected chi connectivity index (χ4v) is 1.95. The molecule has 0 saturated heterocycles. The summed E-state index contributed by atoms with van der Waals surface area (Å²) in [5, 5.41) is 8.42. The largest absolute Gasteiger partial charge is 0.481 e. The fourth-order valence-electron chi connectivity index (χ4n) is 1.31. The first kappa shape index (κ1) is 12.1. The van der Waals surface area contributed by atoms with Crippen molar-refractivity contribution in [1.29, 1.82) is 0 Å². The van der Waals surface area contributed by atoms with Crippen LogP contribution >= 0.6 is 11.8 Å². The predicted molar refractivity (Wildman–Crippen MR) is 59.9 cm³/mol. The quantitative estimate of drug-likeness (QED) is 0.730. The first-order valence-electron chi connectivity index (χ1n) is 4.82. The number of carboxylic acid groups (broad SMARTS) is 1. The van der Waals surface area contributed by atoms with E-state index in [1.807, 2.05) is 6.08 Å². The van der Waals surface area contributed by atoms with Gasteiger partial charge in [-0.3, -0.25) is 9.59 Å². The zero-order valence-electron chi connectivity index (χ0n) is 8.73. The van der Waals surface area contributed by atoms with Gasteiger partial charge in [0.2, 0.25) is 5.91 Å². The van der Waals surface area contributed by atoms with Crippen LogP contribution in [0.4, 0.5) is 0 Å². The fraction of sp³-hybridized carbons (Fsp3) is 0.600. The third-order valence-electron chi connectivity index (χ3n) is 2.24. The van der Waals surface area contributed by atoms with Crippen LogP contribution in [0, 0.1) is 0 Å². The molecule has 84 valence electrons. The maximum atomic E-state index is 11.6. The lowest BCUT2D eigenvalue weighted by Crippen LogP contribution is -2.36. The molecule has 0 bridgehead atoms. The van der Waals surface area contributed by atoms with Crippen molar-refractivity contribution in [1.82, 2.24) is 4.90 Å². The van der Waals surface area contributed by atoms with Gasteiger partial charge in [-0.1, -0.05) is 11.6 Å². The van der Waals surface area contributed by atoms with Gasteiger partial charge in [0, 0.05) is 13.1 Å². The summed E-state index contributed by atoms with van der Waals surface area (Å²) in [6.07, 6.45) is 2.97. The third kappa shape index (κ3) is 4.38. The number of carbonyl (C=O) groups excluding carboxylic acids is 1. The Morgan fingerprint density at radius 3 is 2.80 bits per heavy atom. The SMILES string of the molecule is CC1=CCN(C(=O)CSCC(=O)O)CC1. The van der Waals surface area contributed by atoms with E-state index in [0.717, 1.165) is 24.7 Å². The minimum Gasteiger partial charge on any atom is -0.481 e. The normalized spacial score (nSPS) is 16.1. The zero-order valence-corrected chi connectivity index (χ0v) is 9.55. The summed E-state index contributed by atoms with van der Waals surface area (Å²) in [7, 11) is 0. The summed E-state index contributed by atoms with van der Waals surface area (Å²) in [5.41, 5.74) is 1.32. The van der Waals surface area contributed by atoms with E-state index in [1.54, 1.807) is 4.90 Å². The molecule has 1 aliphatic heterocycles. The van der Waals surface area contributed by atoms with Crippen molar-refractivity contribution in [3.05, 3.63) is 11.6 Å². The van der Waals surface area contributed by atoms with Crippen LogP contribution in [0.1, 0.15) is 13.3 Å². The van der Waals surface area contributed by atoms with Crippen LogP contribution in [0.15, 0.2) is 11.6 Å². The molecule has 1 aliphatic rings. The van der Waals surface area contributed by atoms with Crippen LogP contribution in [0.3, 0.4) is 0 Å². The summed E-state index contributed by atoms with van der Waals surface area (Å²) in [6, 6.07) is 0. The minimum absolute atomic E-state index is 0.00551. The lowest BCUT2D eigenvalue weighted by Gasteiger charge is -2.25. The Bertz CT molecular complexity index is 288. The molecule has 0 radical (unpaired) electrons. The third-order valence-corrected chi connectivity index (χ3v) is 3.14. The molecular weight excluding hydrogens is 214 g/mol. The second kappa shape index (κ2) is 5.80. The van der Waals surface area contributed by atoms with Crippen molar-refractivity contribution in [3.8, 4) is 0 Å². The number of thioether (sulfide) groups is 1. The molecule has 5 heteroatoms. The van der Waals surface area contributed by atoms with Crippen molar-refractivity contribution in [3.63, 3.8) is 0 Å². The Kier molecular flexibility index (Phi) is 4.68. The summed E-state index contributed by atoms with van der Waals surface area (Å²) < 4.78 is 0. The molecule has 1 amide bonds. The summed E-state index contributed by atoms with van der Waals surface area (Å²) in [5.74, 6) is -0.583. The second-order valence-electron chi connectivity index (χ2n) is 3.53. The molecule has 1 N–H and O–H groups in total. The van der Waals surface area contributed by atoms with E-state index in [0.29, 0.717) is 6.54 Å². The number of carboxylic acids is 1. The maximum absolute atomic E-state index is 11.6. The Morgan fingerprint density at radius 2 is 2.27 bits per heavy atom. The minimum atomic E-state index is -0.873. The molecule has 0 aromatic carbocycles. The average molecular weight is 229 g/mol. The van der Waals surface area contributed by atoms with Gasteiger partial charge in [0.25, 0.3) is 0 Å². The van der Waals surface area contributed by atoms with Gasteiger partial charge in [-0.15, -0.1) is 11.8 Å². The van der Waals surface area contributed by atoms with Crippen LogP contribution in [-0.2, 0) is 9.59 Å². The van der Waals surface area contributed by atoms with Gasteiger partial charge in [-0.2, -0.15) is 0 Å². The highest BCUT2D eigenvalue weighted by Gasteiger charge is 2.15. The van der Waals surface area contributed by atoms with E-state index >= 15 is 0 Å². The van der Waals surface area contributed by atoms with Crippen LogP contribution in [0.5, 0.6) is 0 Å². The number of nitrogens with zero attached hydrogens (tertiary/aromatic N) is 1. The zero-order chi connectivity index (χ0) is 11.3. The highest BCUT2D eigenvalue weighted by Crippen LogP contribution is 2.11. The van der Waals surface area contributed by atoms with E-state index in [2.05, 4.69) is 6.92 Å². The summed E-state index contributed by atoms with van der Waals surface area (Å²) >= 11 is 1.15.